The number of ether oxygens (including phenoxy) is 1. The zero-order valence-corrected chi connectivity index (χ0v) is 9.11. The summed E-state index contributed by atoms with van der Waals surface area (Å²) in [5.74, 6) is 1.10. The maximum atomic E-state index is 11.5. The van der Waals surface area contributed by atoms with Crippen molar-refractivity contribution in [1.82, 2.24) is 4.90 Å². The van der Waals surface area contributed by atoms with Gasteiger partial charge in [-0.2, -0.15) is 0 Å². The van der Waals surface area contributed by atoms with Crippen molar-refractivity contribution in [3.8, 4) is 0 Å². The van der Waals surface area contributed by atoms with Gasteiger partial charge < -0.3 is 9.64 Å². The van der Waals surface area contributed by atoms with Crippen molar-refractivity contribution in [2.24, 2.45) is 11.3 Å². The molecule has 0 radical (unpaired) electrons. The zero-order valence-electron chi connectivity index (χ0n) is 9.11. The van der Waals surface area contributed by atoms with Crippen molar-refractivity contribution in [3.05, 3.63) is 0 Å². The Morgan fingerprint density at radius 2 is 2.00 bits per heavy atom. The van der Waals surface area contributed by atoms with E-state index in [-0.39, 0.29) is 5.91 Å². The highest BCUT2D eigenvalue weighted by Crippen LogP contribution is 2.62. The molecule has 4 aliphatic rings. The van der Waals surface area contributed by atoms with E-state index in [1.165, 1.54) is 25.7 Å². The van der Waals surface area contributed by atoms with E-state index < -0.39 is 0 Å². The third-order valence-electron chi connectivity index (χ3n) is 4.82. The predicted molar refractivity (Wildman–Crippen MR) is 54.2 cm³/mol. The molecule has 2 aliphatic carbocycles. The lowest BCUT2D eigenvalue weighted by atomic mass is 9.67. The molecule has 0 aromatic heterocycles. The Balaban J connectivity index is 1.59. The third kappa shape index (κ3) is 1.02. The lowest BCUT2D eigenvalue weighted by Gasteiger charge is -2.57. The summed E-state index contributed by atoms with van der Waals surface area (Å²) in [5.41, 5.74) is 0.473. The number of carbonyl (C=O) groups excluding carboxylic acids is 1. The minimum absolute atomic E-state index is 0.277. The summed E-state index contributed by atoms with van der Waals surface area (Å²) in [5, 5.41) is 0. The van der Waals surface area contributed by atoms with Gasteiger partial charge in [-0.05, 0) is 31.6 Å². The summed E-state index contributed by atoms with van der Waals surface area (Å²) in [6.45, 7) is 2.73. The molecular formula is C12H17NO2. The third-order valence-corrected chi connectivity index (χ3v) is 4.82. The summed E-state index contributed by atoms with van der Waals surface area (Å²) >= 11 is 0. The van der Waals surface area contributed by atoms with Gasteiger partial charge in [-0.1, -0.05) is 0 Å². The number of hydrogen-bond donors (Lipinski definition) is 0. The molecule has 2 heterocycles. The molecule has 0 aromatic carbocycles. The molecular weight excluding hydrogens is 190 g/mol. The summed E-state index contributed by atoms with van der Waals surface area (Å²) in [6.07, 6.45) is 6.24. The van der Waals surface area contributed by atoms with E-state index in [4.69, 9.17) is 4.74 Å². The van der Waals surface area contributed by atoms with Gasteiger partial charge in [0.25, 0.3) is 0 Å². The molecule has 82 valence electrons. The van der Waals surface area contributed by atoms with Crippen molar-refractivity contribution < 1.29 is 9.53 Å². The number of nitrogens with zero attached hydrogens (tertiary/aromatic N) is 1. The Kier molecular flexibility index (Phi) is 1.37. The van der Waals surface area contributed by atoms with Crippen molar-refractivity contribution in [2.45, 2.75) is 50.9 Å². The molecule has 2 saturated carbocycles. The molecule has 3 heteroatoms. The van der Waals surface area contributed by atoms with Crippen LogP contribution in [0.1, 0.15) is 32.6 Å². The molecule has 2 aliphatic heterocycles. The average Bonchev–Trinajstić information content (AvgIpc) is 3.05. The van der Waals surface area contributed by atoms with Crippen LogP contribution in [0.25, 0.3) is 0 Å². The fraction of sp³-hybridized carbons (Fsp3) is 0.917. The maximum absolute atomic E-state index is 11.5. The Hall–Kier alpha value is -0.570. The quantitative estimate of drug-likeness (QED) is 0.605. The average molecular weight is 207 g/mol. The first-order chi connectivity index (χ1) is 7.20. The fourth-order valence-electron chi connectivity index (χ4n) is 4.02. The lowest BCUT2D eigenvalue weighted by Crippen LogP contribution is -2.66. The SMILES string of the molecule is CC(=O)N1CC2(C[C@@H]3O[C@@H]3C2)C1C1CC1. The molecule has 0 N–H and O–H groups in total. The number of rotatable bonds is 1. The number of amides is 1. The van der Waals surface area contributed by atoms with E-state index >= 15 is 0 Å². The molecule has 4 fully saturated rings. The monoisotopic (exact) mass is 207 g/mol. The normalized spacial score (nSPS) is 51.5. The molecule has 2 unspecified atom stereocenters. The summed E-state index contributed by atoms with van der Waals surface area (Å²) < 4.78 is 5.52. The van der Waals surface area contributed by atoms with Gasteiger partial charge >= 0.3 is 0 Å². The molecule has 0 aromatic rings. The maximum Gasteiger partial charge on any atom is 0.219 e. The highest BCUT2D eigenvalue weighted by molar-refractivity contribution is 5.75. The highest BCUT2D eigenvalue weighted by atomic mass is 16.6. The number of hydrogen-bond acceptors (Lipinski definition) is 2. The van der Waals surface area contributed by atoms with Crippen LogP contribution in [0, 0.1) is 11.3 Å². The Labute approximate surface area is 89.8 Å². The van der Waals surface area contributed by atoms with E-state index in [0.29, 0.717) is 23.7 Å². The predicted octanol–water partition coefficient (Wildman–Crippen LogP) is 1.17. The van der Waals surface area contributed by atoms with E-state index in [9.17, 15) is 4.79 Å². The van der Waals surface area contributed by atoms with Gasteiger partial charge in [0.2, 0.25) is 5.91 Å². The molecule has 0 bridgehead atoms. The van der Waals surface area contributed by atoms with E-state index in [1.807, 2.05) is 0 Å². The smallest absolute Gasteiger partial charge is 0.219 e. The first kappa shape index (κ1) is 8.57. The van der Waals surface area contributed by atoms with Gasteiger partial charge in [0, 0.05) is 24.9 Å². The van der Waals surface area contributed by atoms with Gasteiger partial charge in [0.1, 0.15) is 0 Å². The number of likely N-dealkylation sites (tertiary alicyclic amines) is 1. The standard InChI is InChI=1S/C12H17NO2/c1-7(14)13-6-12(11(13)8-2-3-8)4-9-10(5-12)15-9/h8-11H,2-6H2,1H3/t9-,10+,11?,12?. The van der Waals surface area contributed by atoms with Crippen LogP contribution in [-0.2, 0) is 9.53 Å². The minimum atomic E-state index is 0.277. The summed E-state index contributed by atoms with van der Waals surface area (Å²) in [6, 6.07) is 0.575. The summed E-state index contributed by atoms with van der Waals surface area (Å²) in [7, 11) is 0. The molecule has 4 rings (SSSR count). The van der Waals surface area contributed by atoms with Gasteiger partial charge in [-0.3, -0.25) is 4.79 Å². The van der Waals surface area contributed by atoms with Gasteiger partial charge in [0.05, 0.1) is 12.2 Å². The Bertz CT molecular complexity index is 327. The second-order valence-corrected chi connectivity index (χ2v) is 5.91. The van der Waals surface area contributed by atoms with E-state index in [1.54, 1.807) is 6.92 Å². The highest BCUT2D eigenvalue weighted by Gasteiger charge is 2.67. The van der Waals surface area contributed by atoms with Crippen molar-refractivity contribution in [2.75, 3.05) is 6.54 Å². The zero-order chi connectivity index (χ0) is 10.2. The van der Waals surface area contributed by atoms with E-state index in [0.717, 1.165) is 12.5 Å². The molecule has 2 saturated heterocycles. The Morgan fingerprint density at radius 3 is 2.53 bits per heavy atom. The Morgan fingerprint density at radius 1 is 1.33 bits per heavy atom. The number of fused-ring (bicyclic) bond motifs is 1. The second kappa shape index (κ2) is 2.40. The number of epoxide rings is 1. The van der Waals surface area contributed by atoms with Crippen molar-refractivity contribution in [3.63, 3.8) is 0 Å². The van der Waals surface area contributed by atoms with Crippen LogP contribution in [0.3, 0.4) is 0 Å². The van der Waals surface area contributed by atoms with Crippen LogP contribution in [0.15, 0.2) is 0 Å². The number of carbonyl (C=O) groups is 1. The van der Waals surface area contributed by atoms with Gasteiger partial charge in [0.15, 0.2) is 0 Å². The fourth-order valence-corrected chi connectivity index (χ4v) is 4.02. The summed E-state index contributed by atoms with van der Waals surface area (Å²) in [4.78, 5) is 13.6. The topological polar surface area (TPSA) is 32.8 Å². The van der Waals surface area contributed by atoms with Gasteiger partial charge in [-0.25, -0.2) is 0 Å². The molecule has 1 amide bonds. The first-order valence-corrected chi connectivity index (χ1v) is 6.12. The molecule has 1 spiro atoms. The van der Waals surface area contributed by atoms with Crippen LogP contribution in [0.4, 0.5) is 0 Å². The van der Waals surface area contributed by atoms with Crippen molar-refractivity contribution in [1.29, 1.82) is 0 Å². The second-order valence-electron chi connectivity index (χ2n) is 5.91. The van der Waals surface area contributed by atoms with Crippen LogP contribution < -0.4 is 0 Å². The largest absolute Gasteiger partial charge is 0.370 e. The molecule has 4 atom stereocenters. The van der Waals surface area contributed by atoms with Crippen LogP contribution in [-0.4, -0.2) is 35.6 Å². The van der Waals surface area contributed by atoms with Crippen molar-refractivity contribution >= 4 is 5.91 Å². The van der Waals surface area contributed by atoms with Crippen LogP contribution in [0.2, 0.25) is 0 Å². The molecule has 15 heavy (non-hydrogen) atoms. The van der Waals surface area contributed by atoms with Gasteiger partial charge in [-0.15, -0.1) is 0 Å². The van der Waals surface area contributed by atoms with Crippen LogP contribution in [0.5, 0.6) is 0 Å². The molecule has 3 nitrogen and oxygen atoms in total. The minimum Gasteiger partial charge on any atom is -0.370 e. The first-order valence-electron chi connectivity index (χ1n) is 6.12. The van der Waals surface area contributed by atoms with E-state index in [2.05, 4.69) is 4.90 Å². The lowest BCUT2D eigenvalue weighted by molar-refractivity contribution is -0.157. The van der Waals surface area contributed by atoms with Crippen LogP contribution >= 0.6 is 0 Å².